The highest BCUT2D eigenvalue weighted by atomic mass is 35.5. The van der Waals surface area contributed by atoms with Crippen LogP contribution in [0.1, 0.15) is 16.8 Å². The van der Waals surface area contributed by atoms with Gasteiger partial charge in [0, 0.05) is 16.7 Å². The van der Waals surface area contributed by atoms with E-state index in [1.54, 1.807) is 0 Å². The van der Waals surface area contributed by atoms with Gasteiger partial charge in [0.25, 0.3) is 0 Å². The first-order valence-corrected chi connectivity index (χ1v) is 9.98. The first kappa shape index (κ1) is 23.1. The van der Waals surface area contributed by atoms with Crippen molar-refractivity contribution in [3.63, 3.8) is 0 Å². The molecule has 0 fully saturated rings. The minimum atomic E-state index is -2.39. The maximum atomic E-state index is 14.6. The molecule has 1 atom stereocenters. The lowest BCUT2D eigenvalue weighted by Crippen LogP contribution is -2.07. The number of halogens is 3. The fraction of sp³-hybridized carbons (Fsp3) is 0.105. The first-order chi connectivity index (χ1) is 15.2. The van der Waals surface area contributed by atoms with Gasteiger partial charge < -0.3 is 25.5 Å². The third-order valence-electron chi connectivity index (χ3n) is 3.89. The predicted molar refractivity (Wildman–Crippen MR) is 112 cm³/mol. The summed E-state index contributed by atoms with van der Waals surface area (Å²) in [6, 6.07) is 3.31. The molecule has 2 aromatic carbocycles. The van der Waals surface area contributed by atoms with Crippen LogP contribution < -0.4 is 14.7 Å². The molecule has 1 aromatic heterocycles. The zero-order valence-corrected chi connectivity index (χ0v) is 17.7. The fourth-order valence-corrected chi connectivity index (χ4v) is 3.75. The molecule has 3 rings (SSSR count). The van der Waals surface area contributed by atoms with E-state index < -0.39 is 46.3 Å². The van der Waals surface area contributed by atoms with Gasteiger partial charge in [0.1, 0.15) is 28.0 Å². The average Bonchev–Trinajstić information content (AvgIpc) is 2.77. The van der Waals surface area contributed by atoms with E-state index in [2.05, 4.69) is 27.0 Å². The second-order valence-electron chi connectivity index (χ2n) is 5.94. The van der Waals surface area contributed by atoms with Crippen LogP contribution in [0.2, 0.25) is 5.02 Å². The molecule has 13 heteroatoms. The van der Waals surface area contributed by atoms with Crippen molar-refractivity contribution in [2.75, 3.05) is 12.8 Å². The number of methoxy groups -OCH3 is 1. The van der Waals surface area contributed by atoms with Crippen LogP contribution in [-0.2, 0) is 17.7 Å². The molecule has 166 valence electrons. The van der Waals surface area contributed by atoms with Crippen molar-refractivity contribution in [1.29, 1.82) is 0 Å². The van der Waals surface area contributed by atoms with Crippen molar-refractivity contribution < 1.29 is 27.0 Å². The Hall–Kier alpha value is -3.53. The predicted octanol–water partition coefficient (Wildman–Crippen LogP) is 3.07. The number of nitrogen functional groups attached to an aromatic ring is 1. The Labute approximate surface area is 188 Å². The van der Waals surface area contributed by atoms with E-state index in [0.717, 1.165) is 6.20 Å². The van der Waals surface area contributed by atoms with E-state index in [1.165, 1.54) is 19.2 Å². The number of nitrogens with two attached hydrogens (primary N) is 1. The third kappa shape index (κ3) is 4.86. The molecule has 0 aliphatic carbocycles. The standard InChI is InChI=1S/C19H13ClF2N5O4S/c1-30-18-9(8-28)4-10(20)5-15(18)32(29)31-14-6-13(21)12(16(22)17(14)23)3-2-11-7-25-19(24)27-26-11/h4-7,23,28H,8H2,1H3,(H2,24,25,27)/q-1. The van der Waals surface area contributed by atoms with E-state index >= 15 is 0 Å². The molecule has 3 aromatic rings. The highest BCUT2D eigenvalue weighted by Crippen LogP contribution is 2.37. The van der Waals surface area contributed by atoms with Crippen LogP contribution in [0.3, 0.4) is 0 Å². The highest BCUT2D eigenvalue weighted by molar-refractivity contribution is 7.80. The lowest BCUT2D eigenvalue weighted by atomic mass is 10.1. The number of benzene rings is 2. The zero-order chi connectivity index (χ0) is 23.4. The molecule has 4 N–H and O–H groups in total. The molecule has 0 bridgehead atoms. The van der Waals surface area contributed by atoms with Crippen molar-refractivity contribution in [2.24, 2.45) is 0 Å². The second kappa shape index (κ2) is 9.73. The third-order valence-corrected chi connectivity index (χ3v) is 5.10. The molecule has 32 heavy (non-hydrogen) atoms. The number of nitrogens with one attached hydrogen (secondary N) is 1. The SMILES string of the molecule is COc1c(CO)cc(Cl)cc1S(=O)Oc1cc(F)c(C#Cc2cnc(N)nn2)c(F)c1[NH-]. The van der Waals surface area contributed by atoms with Crippen LogP contribution >= 0.6 is 11.6 Å². The number of hydrogen-bond acceptors (Lipinski definition) is 8. The summed E-state index contributed by atoms with van der Waals surface area (Å²) < 4.78 is 52.0. The summed E-state index contributed by atoms with van der Waals surface area (Å²) >= 11 is 3.57. The number of rotatable bonds is 5. The van der Waals surface area contributed by atoms with Crippen LogP contribution in [0, 0.1) is 23.5 Å². The van der Waals surface area contributed by atoms with Crippen molar-refractivity contribution in [1.82, 2.24) is 15.2 Å². The molecule has 0 radical (unpaired) electrons. The summed E-state index contributed by atoms with van der Waals surface area (Å²) in [6.45, 7) is -0.470. The molecular formula is C19H13ClF2N5O4S-. The number of hydrogen-bond donors (Lipinski definition) is 2. The quantitative estimate of drug-likeness (QED) is 0.530. The summed E-state index contributed by atoms with van der Waals surface area (Å²) in [5.74, 6) is 1.34. The van der Waals surface area contributed by atoms with Gasteiger partial charge in [-0.15, -0.1) is 10.2 Å². The second-order valence-corrected chi connectivity index (χ2v) is 7.46. The summed E-state index contributed by atoms with van der Waals surface area (Å²) in [5, 5.41) is 16.6. The number of ether oxygens (including phenoxy) is 1. The van der Waals surface area contributed by atoms with E-state index in [-0.39, 0.29) is 32.9 Å². The number of aliphatic hydroxyl groups excluding tert-OH is 1. The Bertz CT molecular complexity index is 1270. The largest absolute Gasteiger partial charge is 0.693 e. The van der Waals surface area contributed by atoms with Crippen LogP contribution in [0.25, 0.3) is 5.73 Å². The maximum absolute atomic E-state index is 14.6. The van der Waals surface area contributed by atoms with Gasteiger partial charge in [-0.1, -0.05) is 23.2 Å². The Morgan fingerprint density at radius 2 is 2.03 bits per heavy atom. The number of nitrogens with zero attached hydrogens (tertiary/aromatic N) is 3. The van der Waals surface area contributed by atoms with Gasteiger partial charge in [0.05, 0.1) is 25.5 Å². The summed E-state index contributed by atoms with van der Waals surface area (Å²) in [5.41, 5.74) is 11.8. The number of aromatic nitrogens is 3. The Morgan fingerprint density at radius 3 is 2.66 bits per heavy atom. The molecular weight excluding hydrogens is 468 g/mol. The molecule has 0 saturated carbocycles. The van der Waals surface area contributed by atoms with E-state index in [4.69, 9.17) is 32.0 Å². The highest BCUT2D eigenvalue weighted by Gasteiger charge is 2.20. The summed E-state index contributed by atoms with van der Waals surface area (Å²) in [6.07, 6.45) is 1.16. The lowest BCUT2D eigenvalue weighted by molar-refractivity contribution is 0.272. The average molecular weight is 481 g/mol. The molecule has 0 amide bonds. The van der Waals surface area contributed by atoms with Crippen molar-refractivity contribution in [3.8, 4) is 23.3 Å². The summed E-state index contributed by atoms with van der Waals surface area (Å²) in [7, 11) is 1.27. The van der Waals surface area contributed by atoms with Gasteiger partial charge in [-0.3, -0.25) is 0 Å². The lowest BCUT2D eigenvalue weighted by Gasteiger charge is -2.17. The Kier molecular flexibility index (Phi) is 7.04. The minimum Gasteiger partial charge on any atom is -0.693 e. The van der Waals surface area contributed by atoms with E-state index in [1.807, 2.05) is 0 Å². The minimum absolute atomic E-state index is 0.00120. The normalized spacial score (nSPS) is 11.4. The number of anilines is 1. The van der Waals surface area contributed by atoms with Gasteiger partial charge in [-0.2, -0.15) is 0 Å². The van der Waals surface area contributed by atoms with Crippen molar-refractivity contribution in [3.05, 3.63) is 63.6 Å². The zero-order valence-electron chi connectivity index (χ0n) is 16.1. The van der Waals surface area contributed by atoms with Gasteiger partial charge in [-0.05, 0) is 18.1 Å². The number of aliphatic hydroxyl groups is 1. The molecule has 0 saturated heterocycles. The van der Waals surface area contributed by atoms with Crippen molar-refractivity contribution >= 4 is 34.3 Å². The van der Waals surface area contributed by atoms with Crippen molar-refractivity contribution in [2.45, 2.75) is 11.5 Å². The Morgan fingerprint density at radius 1 is 1.28 bits per heavy atom. The smallest absolute Gasteiger partial charge is 0.244 e. The molecule has 0 aliphatic rings. The van der Waals surface area contributed by atoms with Crippen LogP contribution in [-0.4, -0.2) is 31.6 Å². The summed E-state index contributed by atoms with van der Waals surface area (Å²) in [4.78, 5) is 3.56. The fourth-order valence-electron chi connectivity index (χ4n) is 2.47. The van der Waals surface area contributed by atoms with Crippen LogP contribution in [0.4, 0.5) is 20.4 Å². The van der Waals surface area contributed by atoms with Gasteiger partial charge in [-0.25, -0.2) is 18.0 Å². The maximum Gasteiger partial charge on any atom is 0.244 e. The first-order valence-electron chi connectivity index (χ1n) is 8.53. The van der Waals surface area contributed by atoms with Crippen LogP contribution in [0.15, 0.2) is 29.3 Å². The van der Waals surface area contributed by atoms with Crippen LogP contribution in [0.5, 0.6) is 11.5 Å². The molecule has 0 aliphatic heterocycles. The molecule has 1 unspecified atom stereocenters. The van der Waals surface area contributed by atoms with E-state index in [9.17, 15) is 18.1 Å². The van der Waals surface area contributed by atoms with Gasteiger partial charge in [0.15, 0.2) is 5.69 Å². The van der Waals surface area contributed by atoms with Gasteiger partial charge >= 0.3 is 0 Å². The van der Waals surface area contributed by atoms with Gasteiger partial charge in [0.2, 0.25) is 17.0 Å². The van der Waals surface area contributed by atoms with E-state index in [0.29, 0.717) is 6.07 Å². The Balaban J connectivity index is 1.95. The molecule has 1 heterocycles. The monoisotopic (exact) mass is 480 g/mol. The molecule has 0 spiro atoms. The topological polar surface area (TPSA) is 144 Å². The molecule has 9 nitrogen and oxygen atoms in total.